The Morgan fingerprint density at radius 2 is 1.22 bits per heavy atom. The van der Waals surface area contributed by atoms with Crippen LogP contribution in [0, 0.1) is 0 Å². The fraction of sp³-hybridized carbons (Fsp3) is 0.182. The summed E-state index contributed by atoms with van der Waals surface area (Å²) in [5.74, 6) is 0.582. The van der Waals surface area contributed by atoms with E-state index < -0.39 is 0 Å². The molecule has 0 saturated carbocycles. The highest BCUT2D eigenvalue weighted by atomic mass is 32.2. The Balaban J connectivity index is 1.87. The summed E-state index contributed by atoms with van der Waals surface area (Å²) in [6.07, 6.45) is 1.06. The molecule has 114 valence electrons. The molecule has 4 rings (SSSR count). The van der Waals surface area contributed by atoms with Crippen molar-refractivity contribution in [2.45, 2.75) is 40.9 Å². The summed E-state index contributed by atoms with van der Waals surface area (Å²) < 4.78 is 0. The van der Waals surface area contributed by atoms with Gasteiger partial charge in [0.25, 0.3) is 0 Å². The van der Waals surface area contributed by atoms with Crippen molar-refractivity contribution in [3.63, 3.8) is 0 Å². The number of benzene rings is 3. The second-order valence-corrected chi connectivity index (χ2v) is 8.39. The van der Waals surface area contributed by atoms with Gasteiger partial charge in [0.1, 0.15) is 0 Å². The number of hydrogen-bond acceptors (Lipinski definition) is 0. The van der Waals surface area contributed by atoms with Crippen molar-refractivity contribution < 1.29 is 0 Å². The lowest BCUT2D eigenvalue weighted by Gasteiger charge is -2.19. The standard InChI is InChI=1S/C22H21S/c1-16(2)17-11-13-20(14-12-17)23-21-9-5-3-7-18(21)15-19-8-4-6-10-22(19)23/h3-14,16H,15H2,1-2H3/q+1. The first-order valence-electron chi connectivity index (χ1n) is 8.24. The summed E-state index contributed by atoms with van der Waals surface area (Å²) in [5, 5.41) is 0. The zero-order chi connectivity index (χ0) is 15.8. The molecule has 0 N–H and O–H groups in total. The zero-order valence-corrected chi connectivity index (χ0v) is 14.4. The molecule has 0 fully saturated rings. The molecule has 0 radical (unpaired) electrons. The van der Waals surface area contributed by atoms with Gasteiger partial charge < -0.3 is 0 Å². The molecule has 1 heteroatoms. The van der Waals surface area contributed by atoms with Crippen LogP contribution >= 0.6 is 0 Å². The maximum atomic E-state index is 2.33. The third-order valence-electron chi connectivity index (χ3n) is 4.55. The number of hydrogen-bond donors (Lipinski definition) is 0. The summed E-state index contributed by atoms with van der Waals surface area (Å²) in [7, 11) is 0.0206. The van der Waals surface area contributed by atoms with Crippen LogP contribution in [0.3, 0.4) is 0 Å². The third-order valence-corrected chi connectivity index (χ3v) is 6.97. The van der Waals surface area contributed by atoms with Gasteiger partial charge in [0.05, 0.1) is 10.9 Å². The Morgan fingerprint density at radius 3 is 1.74 bits per heavy atom. The van der Waals surface area contributed by atoms with Crippen LogP contribution in [0.1, 0.15) is 36.5 Å². The molecule has 1 aliphatic rings. The van der Waals surface area contributed by atoms with Gasteiger partial charge in [-0.3, -0.25) is 0 Å². The maximum absolute atomic E-state index is 2.33. The quantitative estimate of drug-likeness (QED) is 0.409. The average Bonchev–Trinajstić information content (AvgIpc) is 2.59. The van der Waals surface area contributed by atoms with Crippen LogP contribution in [0.15, 0.2) is 87.5 Å². The first kappa shape index (κ1) is 14.6. The second-order valence-electron chi connectivity index (χ2n) is 6.42. The molecule has 0 atom stereocenters. The Hall–Kier alpha value is -1.99. The Kier molecular flexibility index (Phi) is 3.74. The molecule has 1 heterocycles. The van der Waals surface area contributed by atoms with E-state index in [0.717, 1.165) is 6.42 Å². The molecule has 0 nitrogen and oxygen atoms in total. The molecular formula is C22H21S+. The largest absolute Gasteiger partial charge is 0.170 e. The molecule has 0 unspecified atom stereocenters. The number of rotatable bonds is 2. The van der Waals surface area contributed by atoms with E-state index in [9.17, 15) is 0 Å². The molecule has 23 heavy (non-hydrogen) atoms. The van der Waals surface area contributed by atoms with Crippen LogP contribution in [0.4, 0.5) is 0 Å². The third kappa shape index (κ3) is 2.60. The fourth-order valence-corrected chi connectivity index (χ4v) is 5.65. The minimum Gasteiger partial charge on any atom is -0.0616 e. The molecule has 0 amide bonds. The molecule has 0 aromatic heterocycles. The molecule has 0 aliphatic carbocycles. The van der Waals surface area contributed by atoms with Gasteiger partial charge in [-0.05, 0) is 35.7 Å². The first-order valence-corrected chi connectivity index (χ1v) is 9.46. The maximum Gasteiger partial charge on any atom is 0.170 e. The van der Waals surface area contributed by atoms with E-state index in [2.05, 4.69) is 86.6 Å². The predicted octanol–water partition coefficient (Wildman–Crippen LogP) is 5.81. The van der Waals surface area contributed by atoms with Gasteiger partial charge in [-0.15, -0.1) is 0 Å². The van der Waals surface area contributed by atoms with E-state index in [1.165, 1.54) is 31.4 Å². The normalized spacial score (nSPS) is 13.7. The van der Waals surface area contributed by atoms with Crippen molar-refractivity contribution in [2.75, 3.05) is 0 Å². The van der Waals surface area contributed by atoms with Crippen molar-refractivity contribution >= 4 is 10.9 Å². The van der Waals surface area contributed by atoms with Gasteiger partial charge in [-0.2, -0.15) is 0 Å². The summed E-state index contributed by atoms with van der Waals surface area (Å²) in [6, 6.07) is 27.1. The van der Waals surface area contributed by atoms with Crippen LogP contribution in [-0.4, -0.2) is 0 Å². The van der Waals surface area contributed by atoms with E-state index in [0.29, 0.717) is 5.92 Å². The SMILES string of the molecule is CC(C)c1ccc([S+]2c3ccccc3Cc3ccccc32)cc1. The van der Waals surface area contributed by atoms with Crippen LogP contribution in [0.5, 0.6) is 0 Å². The highest BCUT2D eigenvalue weighted by Gasteiger charge is 2.36. The van der Waals surface area contributed by atoms with Crippen molar-refractivity contribution in [2.24, 2.45) is 0 Å². The summed E-state index contributed by atoms with van der Waals surface area (Å²) in [4.78, 5) is 4.40. The second kappa shape index (κ2) is 5.90. The lowest BCUT2D eigenvalue weighted by atomic mass is 10.0. The van der Waals surface area contributed by atoms with Gasteiger partial charge in [0.15, 0.2) is 14.7 Å². The highest BCUT2D eigenvalue weighted by molar-refractivity contribution is 7.97. The van der Waals surface area contributed by atoms with Crippen molar-refractivity contribution in [3.05, 3.63) is 89.5 Å². The topological polar surface area (TPSA) is 0 Å². The molecule has 1 aliphatic heterocycles. The van der Waals surface area contributed by atoms with E-state index >= 15 is 0 Å². The first-order chi connectivity index (χ1) is 11.2. The van der Waals surface area contributed by atoms with Crippen molar-refractivity contribution in [3.8, 4) is 0 Å². The lowest BCUT2D eigenvalue weighted by Crippen LogP contribution is -2.15. The fourth-order valence-electron chi connectivity index (χ4n) is 3.26. The highest BCUT2D eigenvalue weighted by Crippen LogP contribution is 2.40. The van der Waals surface area contributed by atoms with Gasteiger partial charge in [0.2, 0.25) is 0 Å². The molecule has 0 saturated heterocycles. The van der Waals surface area contributed by atoms with E-state index in [1.54, 1.807) is 0 Å². The average molecular weight is 317 g/mol. The lowest BCUT2D eigenvalue weighted by molar-refractivity contribution is 0.864. The van der Waals surface area contributed by atoms with Crippen molar-refractivity contribution in [1.82, 2.24) is 0 Å². The van der Waals surface area contributed by atoms with Crippen LogP contribution in [-0.2, 0) is 17.3 Å². The Morgan fingerprint density at radius 1 is 0.696 bits per heavy atom. The zero-order valence-electron chi connectivity index (χ0n) is 13.6. The molecule has 0 bridgehead atoms. The smallest absolute Gasteiger partial charge is 0.0616 e. The summed E-state index contributed by atoms with van der Waals surface area (Å²) >= 11 is 0. The van der Waals surface area contributed by atoms with E-state index in [-0.39, 0.29) is 10.9 Å². The molecule has 3 aromatic carbocycles. The Bertz CT molecular complexity index is 785. The van der Waals surface area contributed by atoms with Gasteiger partial charge in [-0.25, -0.2) is 0 Å². The van der Waals surface area contributed by atoms with Crippen LogP contribution < -0.4 is 0 Å². The summed E-state index contributed by atoms with van der Waals surface area (Å²) in [5.41, 5.74) is 4.36. The molecule has 0 spiro atoms. The number of fused-ring (bicyclic) bond motifs is 2. The van der Waals surface area contributed by atoms with Gasteiger partial charge in [-0.1, -0.05) is 62.4 Å². The minimum atomic E-state index is 0.0206. The van der Waals surface area contributed by atoms with Gasteiger partial charge in [0, 0.05) is 17.5 Å². The van der Waals surface area contributed by atoms with Crippen molar-refractivity contribution in [1.29, 1.82) is 0 Å². The predicted molar refractivity (Wildman–Crippen MR) is 98.4 cm³/mol. The van der Waals surface area contributed by atoms with Gasteiger partial charge >= 0.3 is 0 Å². The molecule has 3 aromatic rings. The summed E-state index contributed by atoms with van der Waals surface area (Å²) in [6.45, 7) is 4.50. The molecular weight excluding hydrogens is 296 g/mol. The van der Waals surface area contributed by atoms with E-state index in [4.69, 9.17) is 0 Å². The Labute approximate surface area is 141 Å². The monoisotopic (exact) mass is 317 g/mol. The van der Waals surface area contributed by atoms with E-state index in [1.807, 2.05) is 0 Å². The minimum absolute atomic E-state index is 0.0206. The van der Waals surface area contributed by atoms with Crippen LogP contribution in [0.25, 0.3) is 0 Å². The van der Waals surface area contributed by atoms with Crippen LogP contribution in [0.2, 0.25) is 0 Å².